The van der Waals surface area contributed by atoms with Crippen LogP contribution in [0.25, 0.3) is 0 Å². The Hall–Kier alpha value is -0.710. The minimum atomic E-state index is -1.30. The Morgan fingerprint density at radius 1 is 0.917 bits per heavy atom. The summed E-state index contributed by atoms with van der Waals surface area (Å²) in [5, 5.41) is 19.3. The molecule has 0 fully saturated rings. The number of nitrogens with two attached hydrogens (primary N) is 1. The van der Waals surface area contributed by atoms with Gasteiger partial charge >= 0.3 is 0 Å². The first-order chi connectivity index (χ1) is 11.5. The average Bonchev–Trinajstić information content (AvgIpc) is 2.57. The molecule has 0 aliphatic rings. The van der Waals surface area contributed by atoms with Crippen molar-refractivity contribution in [2.45, 2.75) is 109 Å². The zero-order valence-corrected chi connectivity index (χ0v) is 15.8. The van der Waals surface area contributed by atoms with Gasteiger partial charge in [-0.05, 0) is 19.8 Å². The number of ketones is 1. The number of aliphatic hydroxyl groups is 2. The van der Waals surface area contributed by atoms with E-state index in [2.05, 4.69) is 6.92 Å². The van der Waals surface area contributed by atoms with Crippen molar-refractivity contribution in [2.24, 2.45) is 5.73 Å². The van der Waals surface area contributed by atoms with Crippen LogP contribution < -0.4 is 5.73 Å². The van der Waals surface area contributed by atoms with Crippen LogP contribution in [0.3, 0.4) is 0 Å². The number of carbonyl (C=O) groups excluding carboxylic acids is 1. The van der Waals surface area contributed by atoms with Crippen LogP contribution in [0.4, 0.5) is 0 Å². The van der Waals surface area contributed by atoms with Crippen LogP contribution in [0.15, 0.2) is 12.2 Å². The number of carbonyl (C=O) groups is 1. The monoisotopic (exact) mass is 343 g/mol. The lowest BCUT2D eigenvalue weighted by molar-refractivity contribution is -0.127. The first-order valence-electron chi connectivity index (χ1n) is 9.79. The van der Waals surface area contributed by atoms with Crippen LogP contribution in [0, 0.1) is 0 Å². The fourth-order valence-corrected chi connectivity index (χ4v) is 2.75. The molecule has 0 heterocycles. The third kappa shape index (κ3) is 12.7. The van der Waals surface area contributed by atoms with Crippen LogP contribution in [0.1, 0.15) is 90.9 Å². The molecule has 0 saturated carbocycles. The highest BCUT2D eigenvalue weighted by molar-refractivity contribution is 5.81. The van der Waals surface area contributed by atoms with E-state index in [1.165, 1.54) is 71.1 Å². The molecule has 0 aliphatic carbocycles. The number of rotatable bonds is 16. The van der Waals surface area contributed by atoms with E-state index in [1.807, 2.05) is 6.08 Å². The summed E-state index contributed by atoms with van der Waals surface area (Å²) in [4.78, 5) is 11.0. The Labute approximate surface area is 148 Å². The van der Waals surface area contributed by atoms with Gasteiger partial charge in [0.25, 0.3) is 0 Å². The zero-order chi connectivity index (χ0) is 18.2. The molecule has 3 atom stereocenters. The fourth-order valence-electron chi connectivity index (χ4n) is 2.75. The van der Waals surface area contributed by atoms with Gasteiger partial charge < -0.3 is 15.9 Å². The SMILES string of the molecule is CCCCCCCCCCCCC/C=C/[C@@H](O)[C@@H](N)C(O)[14C](C)=O. The fraction of sp³-hybridized carbons (Fsp3) is 0.850. The first kappa shape index (κ1) is 23.3. The molecule has 4 nitrogen and oxygen atoms in total. The van der Waals surface area contributed by atoms with Gasteiger partial charge in [-0.25, -0.2) is 0 Å². The standard InChI is InChI=1S/C20H39NO3/c1-3-4-5-6-7-8-9-10-11-12-13-14-15-16-18(23)19(21)20(24)17(2)22/h15-16,18-20,23-24H,3-14,21H2,1-2H3/b16-15+/t18-,19-,20?/m1/s1/i17+2. The predicted molar refractivity (Wildman–Crippen MR) is 101 cm³/mol. The van der Waals surface area contributed by atoms with Crippen molar-refractivity contribution in [3.8, 4) is 0 Å². The molecule has 0 rings (SSSR count). The summed E-state index contributed by atoms with van der Waals surface area (Å²) >= 11 is 0. The van der Waals surface area contributed by atoms with Gasteiger partial charge in [-0.15, -0.1) is 0 Å². The molecule has 142 valence electrons. The number of hydrogen-bond donors (Lipinski definition) is 3. The maximum absolute atomic E-state index is 11.0. The highest BCUT2D eigenvalue weighted by Gasteiger charge is 2.24. The number of allylic oxidation sites excluding steroid dienone is 1. The number of aliphatic hydroxyl groups excluding tert-OH is 2. The molecular weight excluding hydrogens is 304 g/mol. The topological polar surface area (TPSA) is 83.6 Å². The summed E-state index contributed by atoms with van der Waals surface area (Å²) in [5.41, 5.74) is 5.64. The van der Waals surface area contributed by atoms with Crippen molar-refractivity contribution in [3.63, 3.8) is 0 Å². The van der Waals surface area contributed by atoms with Crippen LogP contribution in [0.2, 0.25) is 0 Å². The van der Waals surface area contributed by atoms with E-state index in [-0.39, 0.29) is 0 Å². The average molecular weight is 344 g/mol. The van der Waals surface area contributed by atoms with Crippen LogP contribution >= 0.6 is 0 Å². The lowest BCUT2D eigenvalue weighted by atomic mass is 10.0. The highest BCUT2D eigenvalue weighted by atomic mass is 16.4. The van der Waals surface area contributed by atoms with Gasteiger partial charge in [0.15, 0.2) is 5.78 Å². The largest absolute Gasteiger partial charge is 0.387 e. The Morgan fingerprint density at radius 2 is 1.38 bits per heavy atom. The number of hydrogen-bond acceptors (Lipinski definition) is 4. The predicted octanol–water partition coefficient (Wildman–Crippen LogP) is 3.88. The lowest BCUT2D eigenvalue weighted by Crippen LogP contribution is -2.47. The summed E-state index contributed by atoms with van der Waals surface area (Å²) in [7, 11) is 0. The van der Waals surface area contributed by atoms with E-state index in [0.29, 0.717) is 0 Å². The van der Waals surface area contributed by atoms with Crippen LogP contribution in [-0.4, -0.2) is 34.2 Å². The van der Waals surface area contributed by atoms with Crippen molar-refractivity contribution in [2.75, 3.05) is 0 Å². The minimum Gasteiger partial charge on any atom is -0.387 e. The maximum atomic E-state index is 11.0. The van der Waals surface area contributed by atoms with Gasteiger partial charge in [0.2, 0.25) is 0 Å². The third-order valence-electron chi connectivity index (χ3n) is 4.48. The maximum Gasteiger partial charge on any atom is 0.159 e. The van der Waals surface area contributed by atoms with Crippen molar-refractivity contribution >= 4 is 5.78 Å². The molecule has 1 unspecified atom stereocenters. The Balaban J connectivity index is 3.48. The van der Waals surface area contributed by atoms with E-state index in [9.17, 15) is 15.0 Å². The molecule has 4 heteroatoms. The molecule has 0 bridgehead atoms. The first-order valence-corrected chi connectivity index (χ1v) is 9.79. The molecule has 0 saturated heterocycles. The second-order valence-electron chi connectivity index (χ2n) is 6.88. The van der Waals surface area contributed by atoms with E-state index in [1.54, 1.807) is 6.08 Å². The molecule has 0 spiro atoms. The molecule has 0 amide bonds. The minimum absolute atomic E-state index is 0.416. The molecular formula is C20H39NO3. The normalized spacial score (nSPS) is 15.5. The summed E-state index contributed by atoms with van der Waals surface area (Å²) in [6, 6.07) is -0.948. The van der Waals surface area contributed by atoms with Crippen molar-refractivity contribution in [1.29, 1.82) is 0 Å². The summed E-state index contributed by atoms with van der Waals surface area (Å²) in [5.74, 6) is -0.416. The second kappa shape index (κ2) is 15.8. The van der Waals surface area contributed by atoms with Crippen molar-refractivity contribution < 1.29 is 15.0 Å². The molecule has 24 heavy (non-hydrogen) atoms. The second-order valence-corrected chi connectivity index (χ2v) is 6.88. The zero-order valence-electron chi connectivity index (χ0n) is 15.8. The third-order valence-corrected chi connectivity index (χ3v) is 4.48. The molecule has 0 aromatic carbocycles. The molecule has 0 aromatic heterocycles. The molecule has 0 aliphatic heterocycles. The van der Waals surface area contributed by atoms with E-state index in [4.69, 9.17) is 5.73 Å². The highest BCUT2D eigenvalue weighted by Crippen LogP contribution is 2.12. The number of unbranched alkanes of at least 4 members (excludes halogenated alkanes) is 11. The van der Waals surface area contributed by atoms with E-state index >= 15 is 0 Å². The van der Waals surface area contributed by atoms with Crippen molar-refractivity contribution in [1.82, 2.24) is 0 Å². The van der Waals surface area contributed by atoms with Gasteiger partial charge in [0.1, 0.15) is 6.10 Å². The molecule has 0 radical (unpaired) electrons. The van der Waals surface area contributed by atoms with Gasteiger partial charge in [-0.2, -0.15) is 0 Å². The van der Waals surface area contributed by atoms with Gasteiger partial charge in [0, 0.05) is 0 Å². The Kier molecular flexibility index (Phi) is 15.3. The van der Waals surface area contributed by atoms with Gasteiger partial charge in [-0.3, -0.25) is 4.79 Å². The van der Waals surface area contributed by atoms with E-state index in [0.717, 1.165) is 12.8 Å². The molecule has 4 N–H and O–H groups in total. The van der Waals surface area contributed by atoms with Crippen molar-refractivity contribution in [3.05, 3.63) is 12.2 Å². The number of Topliss-reactive ketones (excluding diaryl/α,β-unsaturated/α-hetero) is 1. The van der Waals surface area contributed by atoms with Crippen LogP contribution in [-0.2, 0) is 4.79 Å². The Bertz CT molecular complexity index is 331. The van der Waals surface area contributed by atoms with E-state index < -0.39 is 24.0 Å². The quantitative estimate of drug-likeness (QED) is 0.293. The summed E-state index contributed by atoms with van der Waals surface area (Å²) in [6.07, 6.45) is 16.6. The lowest BCUT2D eigenvalue weighted by Gasteiger charge is -2.19. The summed E-state index contributed by atoms with van der Waals surface area (Å²) < 4.78 is 0. The Morgan fingerprint density at radius 3 is 1.83 bits per heavy atom. The summed E-state index contributed by atoms with van der Waals surface area (Å²) in [6.45, 7) is 3.52. The van der Waals surface area contributed by atoms with Gasteiger partial charge in [0.05, 0.1) is 12.1 Å². The smallest absolute Gasteiger partial charge is 0.159 e. The molecule has 0 aromatic rings. The van der Waals surface area contributed by atoms with Crippen LogP contribution in [0.5, 0.6) is 0 Å². The van der Waals surface area contributed by atoms with Gasteiger partial charge in [-0.1, -0.05) is 83.3 Å².